The van der Waals surface area contributed by atoms with Gasteiger partial charge in [0.25, 0.3) is 5.56 Å². The molecule has 0 radical (unpaired) electrons. The highest BCUT2D eigenvalue weighted by atomic mass is 32.2. The maximum atomic E-state index is 14.1. The van der Waals surface area contributed by atoms with Crippen LogP contribution in [-0.4, -0.2) is 36.8 Å². The number of ketones is 1. The van der Waals surface area contributed by atoms with Gasteiger partial charge in [-0.05, 0) is 30.5 Å². The first-order chi connectivity index (χ1) is 17.9. The van der Waals surface area contributed by atoms with Crippen LogP contribution < -0.4 is 5.56 Å². The van der Waals surface area contributed by atoms with Crippen LogP contribution in [-0.2, 0) is 17.8 Å². The van der Waals surface area contributed by atoms with Gasteiger partial charge in [-0.1, -0.05) is 73.6 Å². The number of nitrogens with zero attached hydrogens (tertiary/aromatic N) is 4. The van der Waals surface area contributed by atoms with Crippen molar-refractivity contribution in [3.8, 4) is 5.69 Å². The Labute approximate surface area is 222 Å². The van der Waals surface area contributed by atoms with Crippen LogP contribution in [0.15, 0.2) is 64.5 Å². The zero-order valence-electron chi connectivity index (χ0n) is 20.8. The molecule has 0 saturated carbocycles. The summed E-state index contributed by atoms with van der Waals surface area (Å²) in [6, 6.07) is 17.1. The maximum absolute atomic E-state index is 14.1. The van der Waals surface area contributed by atoms with Gasteiger partial charge in [-0.2, -0.15) is 0 Å². The van der Waals surface area contributed by atoms with Crippen molar-refractivity contribution >= 4 is 44.9 Å². The highest BCUT2D eigenvalue weighted by Crippen LogP contribution is 2.37. The van der Waals surface area contributed by atoms with Gasteiger partial charge in [0.2, 0.25) is 5.78 Å². The molecule has 2 aromatic carbocycles. The van der Waals surface area contributed by atoms with E-state index >= 15 is 0 Å². The van der Waals surface area contributed by atoms with Crippen LogP contribution in [0.5, 0.6) is 0 Å². The van der Waals surface area contributed by atoms with Gasteiger partial charge in [-0.15, -0.1) is 21.5 Å². The second kappa shape index (κ2) is 9.55. The molecule has 0 fully saturated rings. The Morgan fingerprint density at radius 1 is 1.14 bits per heavy atom. The lowest BCUT2D eigenvalue weighted by Gasteiger charge is -2.26. The molecular weight excluding hydrogens is 504 g/mol. The summed E-state index contributed by atoms with van der Waals surface area (Å²) >= 11 is 2.90. The Balaban J connectivity index is 1.54. The Kier molecular flexibility index (Phi) is 6.22. The zero-order chi connectivity index (χ0) is 25.7. The third-order valence-electron chi connectivity index (χ3n) is 6.81. The first-order valence-corrected chi connectivity index (χ1v) is 14.1. The summed E-state index contributed by atoms with van der Waals surface area (Å²) in [4.78, 5) is 28.8. The Morgan fingerprint density at radius 2 is 1.89 bits per heavy atom. The summed E-state index contributed by atoms with van der Waals surface area (Å²) in [5, 5.41) is 10.2. The van der Waals surface area contributed by atoms with Crippen molar-refractivity contribution < 1.29 is 9.53 Å². The monoisotopic (exact) mass is 530 g/mol. The highest BCUT2D eigenvalue weighted by Gasteiger charge is 2.30. The van der Waals surface area contributed by atoms with Crippen molar-refractivity contribution in [1.82, 2.24) is 19.2 Å². The van der Waals surface area contributed by atoms with Crippen LogP contribution in [0.1, 0.15) is 40.2 Å². The van der Waals surface area contributed by atoms with Crippen LogP contribution in [0.2, 0.25) is 0 Å². The molecule has 7 nitrogen and oxygen atoms in total. The second-order valence-electron chi connectivity index (χ2n) is 9.65. The summed E-state index contributed by atoms with van der Waals surface area (Å²) in [6.07, 6.45) is 0.755. The molecule has 6 rings (SSSR count). The zero-order valence-corrected chi connectivity index (χ0v) is 22.4. The lowest BCUT2D eigenvalue weighted by atomic mass is 9.96. The molecular formula is C28H26N4O3S2. The molecule has 0 aliphatic carbocycles. The fraction of sp³-hybridized carbons (Fsp3) is 0.286. The normalized spacial score (nSPS) is 15.5. The lowest BCUT2D eigenvalue weighted by Crippen LogP contribution is -2.28. The van der Waals surface area contributed by atoms with E-state index in [-0.39, 0.29) is 23.2 Å². The van der Waals surface area contributed by atoms with Crippen molar-refractivity contribution in [2.45, 2.75) is 45.1 Å². The number of hydrogen-bond donors (Lipinski definition) is 0. The Hall–Kier alpha value is -3.27. The number of rotatable bonds is 6. The summed E-state index contributed by atoms with van der Waals surface area (Å²) in [7, 11) is 0. The fourth-order valence-corrected chi connectivity index (χ4v) is 6.85. The van der Waals surface area contributed by atoms with Gasteiger partial charge in [-0.25, -0.2) is 8.97 Å². The molecule has 0 N–H and O–H groups in total. The largest absolute Gasteiger partial charge is 0.372 e. The average molecular weight is 531 g/mol. The molecule has 9 heteroatoms. The molecule has 1 atom stereocenters. The number of benzene rings is 2. The molecule has 0 amide bonds. The van der Waals surface area contributed by atoms with Crippen LogP contribution in [0.3, 0.4) is 0 Å². The van der Waals surface area contributed by atoms with Gasteiger partial charge in [0.05, 0.1) is 29.5 Å². The molecule has 5 aromatic rings. The molecule has 1 aliphatic rings. The van der Waals surface area contributed by atoms with Gasteiger partial charge >= 0.3 is 0 Å². The minimum Gasteiger partial charge on any atom is -0.372 e. The molecule has 37 heavy (non-hydrogen) atoms. The number of carbonyl (C=O) groups excluding carboxylic acids is 1. The standard InChI is InChI=1S/C28H26N4O3S2/c1-16(2)22-13-20-23(14-35-22)37-26-24(20)25(34)31(19-11-9-17(3)10-12-19)27-29-30-28(32(26)27)36-15-21(33)18-7-5-4-6-8-18/h4-12,16,22H,13-15H2,1-3H3/t22-/m1/s1. The number of fused-ring (bicyclic) bond motifs is 5. The lowest BCUT2D eigenvalue weighted by molar-refractivity contribution is 0.00200. The smallest absolute Gasteiger partial charge is 0.268 e. The van der Waals surface area contributed by atoms with Crippen LogP contribution in [0, 0.1) is 12.8 Å². The first-order valence-electron chi connectivity index (χ1n) is 12.3. The minimum atomic E-state index is -0.0995. The Bertz CT molecular complexity index is 1680. The fourth-order valence-electron chi connectivity index (χ4n) is 4.72. The highest BCUT2D eigenvalue weighted by molar-refractivity contribution is 7.99. The average Bonchev–Trinajstić information content (AvgIpc) is 3.50. The van der Waals surface area contributed by atoms with E-state index in [1.807, 2.05) is 65.9 Å². The van der Waals surface area contributed by atoms with E-state index in [0.717, 1.165) is 26.5 Å². The number of Topliss-reactive ketones (excluding diaryl/α,β-unsaturated/α-hetero) is 1. The van der Waals surface area contributed by atoms with Crippen molar-refractivity contribution in [2.75, 3.05) is 5.75 Å². The maximum Gasteiger partial charge on any atom is 0.268 e. The first kappa shape index (κ1) is 24.1. The number of thiophene rings is 1. The van der Waals surface area contributed by atoms with E-state index in [9.17, 15) is 9.59 Å². The van der Waals surface area contributed by atoms with Crippen molar-refractivity contribution in [3.63, 3.8) is 0 Å². The van der Waals surface area contributed by atoms with E-state index in [2.05, 4.69) is 24.0 Å². The van der Waals surface area contributed by atoms with Crippen molar-refractivity contribution in [2.24, 2.45) is 5.92 Å². The van der Waals surface area contributed by atoms with Gasteiger partial charge in [-0.3, -0.25) is 9.59 Å². The van der Waals surface area contributed by atoms with Crippen LogP contribution >= 0.6 is 23.1 Å². The van der Waals surface area contributed by atoms with Gasteiger partial charge < -0.3 is 4.74 Å². The Morgan fingerprint density at radius 3 is 2.62 bits per heavy atom. The number of thioether (sulfide) groups is 1. The predicted octanol–water partition coefficient (Wildman–Crippen LogP) is 5.48. The molecule has 0 saturated heterocycles. The summed E-state index contributed by atoms with van der Waals surface area (Å²) in [6.45, 7) is 6.79. The van der Waals surface area contributed by atoms with E-state index < -0.39 is 0 Å². The number of aryl methyl sites for hydroxylation is 1. The number of aromatic nitrogens is 4. The number of ether oxygens (including phenoxy) is 1. The topological polar surface area (TPSA) is 78.5 Å². The number of hydrogen-bond acceptors (Lipinski definition) is 7. The quantitative estimate of drug-likeness (QED) is 0.214. The molecule has 0 bridgehead atoms. The van der Waals surface area contributed by atoms with Crippen molar-refractivity contribution in [3.05, 3.63) is 86.5 Å². The third kappa shape index (κ3) is 4.21. The van der Waals surface area contributed by atoms with Crippen molar-refractivity contribution in [1.29, 1.82) is 0 Å². The molecule has 0 spiro atoms. The number of carbonyl (C=O) groups is 1. The van der Waals surface area contributed by atoms with E-state index in [0.29, 0.717) is 40.8 Å². The minimum absolute atomic E-state index is 0.0177. The predicted molar refractivity (Wildman–Crippen MR) is 147 cm³/mol. The van der Waals surface area contributed by atoms with Gasteiger partial charge in [0.15, 0.2) is 10.9 Å². The summed E-state index contributed by atoms with van der Waals surface area (Å²) in [5.41, 5.74) is 3.46. The summed E-state index contributed by atoms with van der Waals surface area (Å²) in [5.74, 6) is 1.02. The van der Waals surface area contributed by atoms with Crippen LogP contribution in [0.25, 0.3) is 21.7 Å². The second-order valence-corrected chi connectivity index (χ2v) is 11.7. The molecule has 0 unspecified atom stereocenters. The molecule has 4 heterocycles. The van der Waals surface area contributed by atoms with E-state index in [1.165, 1.54) is 11.8 Å². The van der Waals surface area contributed by atoms with Gasteiger partial charge in [0, 0.05) is 16.9 Å². The summed E-state index contributed by atoms with van der Waals surface area (Å²) < 4.78 is 9.71. The van der Waals surface area contributed by atoms with E-state index in [1.54, 1.807) is 15.9 Å². The van der Waals surface area contributed by atoms with Crippen LogP contribution in [0.4, 0.5) is 0 Å². The molecule has 1 aliphatic heterocycles. The SMILES string of the molecule is Cc1ccc(-n2c(=O)c3c4c(sc3n3c(SCC(=O)c5ccccc5)nnc23)CO[C@@H](C(C)C)C4)cc1. The molecule has 188 valence electrons. The van der Waals surface area contributed by atoms with Gasteiger partial charge in [0.1, 0.15) is 4.83 Å². The van der Waals surface area contributed by atoms with E-state index in [4.69, 9.17) is 4.74 Å². The third-order valence-corrected chi connectivity index (χ3v) is 8.93. The molecule has 3 aromatic heterocycles.